The number of aliphatic hydroxyl groups excluding tert-OH is 1. The molecule has 0 aliphatic carbocycles. The highest BCUT2D eigenvalue weighted by atomic mass is 35.5. The van der Waals surface area contributed by atoms with Crippen LogP contribution in [0, 0.1) is 0 Å². The third-order valence-corrected chi connectivity index (χ3v) is 4.25. The molecule has 0 saturated carbocycles. The summed E-state index contributed by atoms with van der Waals surface area (Å²) in [7, 11) is 5.79. The first-order valence-corrected chi connectivity index (χ1v) is 7.28. The number of likely N-dealkylation sites (N-methyl/N-ethyl adjacent to an activating group) is 2. The van der Waals surface area contributed by atoms with Crippen molar-refractivity contribution in [2.45, 2.75) is 18.6 Å². The highest BCUT2D eigenvalue weighted by Gasteiger charge is 2.29. The lowest BCUT2D eigenvalue weighted by Crippen LogP contribution is -2.55. The summed E-state index contributed by atoms with van der Waals surface area (Å²) >= 11 is 6.04. The predicted molar refractivity (Wildman–Crippen MR) is 81.6 cm³/mol. The summed E-state index contributed by atoms with van der Waals surface area (Å²) in [6.07, 6.45) is 0.113. The van der Waals surface area contributed by atoms with Crippen LogP contribution in [0.4, 0.5) is 0 Å². The minimum Gasteiger partial charge on any atom is -0.496 e. The largest absolute Gasteiger partial charge is 0.496 e. The molecule has 1 N–H and O–H groups in total. The smallest absolute Gasteiger partial charge is 0.122 e. The predicted octanol–water partition coefficient (Wildman–Crippen LogP) is 1.50. The molecule has 1 heterocycles. The zero-order valence-corrected chi connectivity index (χ0v) is 13.1. The first-order valence-electron chi connectivity index (χ1n) is 6.90. The monoisotopic (exact) mass is 298 g/mol. The van der Waals surface area contributed by atoms with Crippen molar-refractivity contribution in [1.29, 1.82) is 0 Å². The van der Waals surface area contributed by atoms with Crippen molar-refractivity contribution in [3.05, 3.63) is 28.8 Å². The molecule has 1 aromatic rings. The number of aliphatic hydroxyl groups is 1. The molecule has 1 fully saturated rings. The van der Waals surface area contributed by atoms with Crippen LogP contribution in [0.15, 0.2) is 18.2 Å². The number of hydrogen-bond acceptors (Lipinski definition) is 4. The van der Waals surface area contributed by atoms with Gasteiger partial charge in [-0.25, -0.2) is 0 Å². The summed E-state index contributed by atoms with van der Waals surface area (Å²) < 4.78 is 5.34. The van der Waals surface area contributed by atoms with Crippen LogP contribution in [0.2, 0.25) is 5.02 Å². The average Bonchev–Trinajstić information content (AvgIpc) is 2.41. The van der Waals surface area contributed by atoms with Crippen LogP contribution in [-0.2, 0) is 6.42 Å². The van der Waals surface area contributed by atoms with Gasteiger partial charge in [-0.1, -0.05) is 11.6 Å². The van der Waals surface area contributed by atoms with Crippen LogP contribution in [-0.4, -0.2) is 67.9 Å². The van der Waals surface area contributed by atoms with Crippen LogP contribution in [0.25, 0.3) is 0 Å². The molecule has 2 rings (SSSR count). The van der Waals surface area contributed by atoms with Crippen LogP contribution >= 0.6 is 11.6 Å². The summed E-state index contributed by atoms with van der Waals surface area (Å²) in [5.41, 5.74) is 0.953. The van der Waals surface area contributed by atoms with Crippen molar-refractivity contribution < 1.29 is 9.84 Å². The van der Waals surface area contributed by atoms with E-state index in [1.165, 1.54) is 0 Å². The number of halogens is 1. The van der Waals surface area contributed by atoms with Crippen molar-refractivity contribution >= 4 is 11.6 Å². The van der Waals surface area contributed by atoms with Crippen LogP contribution in [0.5, 0.6) is 5.75 Å². The van der Waals surface area contributed by atoms with E-state index in [1.54, 1.807) is 13.2 Å². The molecule has 1 aliphatic rings. The van der Waals surface area contributed by atoms with Gasteiger partial charge in [-0.15, -0.1) is 0 Å². The van der Waals surface area contributed by atoms with Gasteiger partial charge in [0.15, 0.2) is 0 Å². The maximum absolute atomic E-state index is 10.6. The molecule has 4 nitrogen and oxygen atoms in total. The van der Waals surface area contributed by atoms with Gasteiger partial charge in [0, 0.05) is 37.1 Å². The lowest BCUT2D eigenvalue weighted by Gasteiger charge is -2.40. The Balaban J connectivity index is 2.10. The number of benzene rings is 1. The van der Waals surface area contributed by atoms with Gasteiger partial charge in [-0.3, -0.25) is 4.90 Å². The summed E-state index contributed by atoms with van der Waals surface area (Å²) in [6.45, 7) is 2.89. The lowest BCUT2D eigenvalue weighted by atomic mass is 9.98. The fourth-order valence-electron chi connectivity index (χ4n) is 2.73. The van der Waals surface area contributed by atoms with E-state index < -0.39 is 6.10 Å². The quantitative estimate of drug-likeness (QED) is 0.914. The molecule has 0 aromatic heterocycles. The number of piperazine rings is 1. The second-order valence-electron chi connectivity index (χ2n) is 5.54. The third kappa shape index (κ3) is 3.64. The molecule has 5 heteroatoms. The summed E-state index contributed by atoms with van der Waals surface area (Å²) in [5.74, 6) is 0.778. The van der Waals surface area contributed by atoms with Crippen molar-refractivity contribution in [3.8, 4) is 5.75 Å². The van der Waals surface area contributed by atoms with Gasteiger partial charge < -0.3 is 14.7 Å². The Bertz CT molecular complexity index is 455. The van der Waals surface area contributed by atoms with E-state index in [4.69, 9.17) is 16.3 Å². The Hall–Kier alpha value is -0.810. The molecule has 0 amide bonds. The van der Waals surface area contributed by atoms with Crippen LogP contribution in [0.1, 0.15) is 5.56 Å². The minimum atomic E-state index is -0.435. The highest BCUT2D eigenvalue weighted by Crippen LogP contribution is 2.25. The number of ether oxygens (including phenoxy) is 1. The van der Waals surface area contributed by atoms with Gasteiger partial charge in [0.25, 0.3) is 0 Å². The Morgan fingerprint density at radius 3 is 2.85 bits per heavy atom. The van der Waals surface area contributed by atoms with Crippen molar-refractivity contribution in [2.75, 3.05) is 40.8 Å². The Morgan fingerprint density at radius 2 is 2.15 bits per heavy atom. The van der Waals surface area contributed by atoms with Gasteiger partial charge in [0.1, 0.15) is 5.75 Å². The van der Waals surface area contributed by atoms with E-state index in [-0.39, 0.29) is 6.04 Å². The van der Waals surface area contributed by atoms with E-state index in [0.29, 0.717) is 11.4 Å². The van der Waals surface area contributed by atoms with Crippen molar-refractivity contribution in [3.63, 3.8) is 0 Å². The van der Waals surface area contributed by atoms with Gasteiger partial charge in [0.2, 0.25) is 0 Å². The second-order valence-corrected chi connectivity index (χ2v) is 5.97. The summed E-state index contributed by atoms with van der Waals surface area (Å²) in [6, 6.07) is 5.66. The van der Waals surface area contributed by atoms with Crippen molar-refractivity contribution in [1.82, 2.24) is 9.80 Å². The van der Waals surface area contributed by atoms with Gasteiger partial charge in [-0.2, -0.15) is 0 Å². The molecular formula is C15H23ClN2O2. The minimum absolute atomic E-state index is 0.137. The topological polar surface area (TPSA) is 35.9 Å². The fraction of sp³-hybridized carbons (Fsp3) is 0.600. The third-order valence-electron chi connectivity index (χ3n) is 4.01. The van der Waals surface area contributed by atoms with Crippen molar-refractivity contribution in [2.24, 2.45) is 0 Å². The normalized spacial score (nSPS) is 22.8. The number of rotatable bonds is 4. The highest BCUT2D eigenvalue weighted by molar-refractivity contribution is 6.30. The number of nitrogens with zero attached hydrogens (tertiary/aromatic N) is 2. The Labute approximate surface area is 125 Å². The molecule has 0 radical (unpaired) electrons. The first-order chi connectivity index (χ1) is 9.51. The maximum Gasteiger partial charge on any atom is 0.122 e. The maximum atomic E-state index is 10.6. The molecule has 2 unspecified atom stereocenters. The van der Waals surface area contributed by atoms with E-state index in [0.717, 1.165) is 30.9 Å². The van der Waals surface area contributed by atoms with Crippen LogP contribution in [0.3, 0.4) is 0 Å². The Morgan fingerprint density at radius 1 is 1.40 bits per heavy atom. The molecule has 1 aliphatic heterocycles. The van der Waals surface area contributed by atoms with Gasteiger partial charge >= 0.3 is 0 Å². The molecular weight excluding hydrogens is 276 g/mol. The molecule has 1 aromatic carbocycles. The van der Waals surface area contributed by atoms with E-state index in [9.17, 15) is 5.11 Å². The zero-order valence-electron chi connectivity index (χ0n) is 12.3. The SMILES string of the molecule is COc1ccc(Cl)cc1CC(O)C1CN(C)CCN1C. The standard InChI is InChI=1S/C15H23ClN2O2/c1-17-6-7-18(2)13(10-17)14(19)9-11-8-12(16)4-5-15(11)20-3/h4-5,8,13-14,19H,6-7,9-10H2,1-3H3. The molecule has 0 bridgehead atoms. The number of methoxy groups -OCH3 is 1. The molecule has 0 spiro atoms. The number of hydrogen-bond donors (Lipinski definition) is 1. The molecule has 112 valence electrons. The van der Waals surface area contributed by atoms with Gasteiger partial charge in [0.05, 0.1) is 13.2 Å². The first kappa shape index (κ1) is 15.6. The Kier molecular flexibility index (Phi) is 5.27. The second kappa shape index (κ2) is 6.76. The average molecular weight is 299 g/mol. The summed E-state index contributed by atoms with van der Waals surface area (Å²) in [5, 5.41) is 11.2. The molecule has 2 atom stereocenters. The van der Waals surface area contributed by atoms with E-state index >= 15 is 0 Å². The van der Waals surface area contributed by atoms with Gasteiger partial charge in [-0.05, 0) is 37.9 Å². The van der Waals surface area contributed by atoms with E-state index in [1.807, 2.05) is 12.1 Å². The van der Waals surface area contributed by atoms with E-state index in [2.05, 4.69) is 23.9 Å². The zero-order chi connectivity index (χ0) is 14.7. The summed E-state index contributed by atoms with van der Waals surface area (Å²) in [4.78, 5) is 4.48. The van der Waals surface area contributed by atoms with Crippen LogP contribution < -0.4 is 4.74 Å². The fourth-order valence-corrected chi connectivity index (χ4v) is 2.92. The molecule has 1 saturated heterocycles. The lowest BCUT2D eigenvalue weighted by molar-refractivity contribution is 0.0150. The molecule has 20 heavy (non-hydrogen) atoms.